The zero-order valence-corrected chi connectivity index (χ0v) is 24.0. The lowest BCUT2D eigenvalue weighted by molar-refractivity contribution is 0.0758. The summed E-state index contributed by atoms with van der Waals surface area (Å²) in [7, 11) is -1.89. The molecule has 0 aliphatic rings. The third kappa shape index (κ3) is 6.09. The molecule has 0 fully saturated rings. The Labute approximate surface area is 217 Å². The molecular weight excluding hydrogens is 508 g/mol. The maximum atomic E-state index is 13.6. The number of hydrogen-bond acceptors (Lipinski definition) is 6. The molecular formula is C25H34N6O4SSi. The molecule has 1 aromatic carbocycles. The Hall–Kier alpha value is -3.06. The van der Waals surface area contributed by atoms with Gasteiger partial charge < -0.3 is 9.30 Å². The third-order valence-corrected chi connectivity index (χ3v) is 9.73. The predicted octanol–water partition coefficient (Wildman–Crippen LogP) is 3.57. The lowest BCUT2D eigenvalue weighted by atomic mass is 10.2. The summed E-state index contributed by atoms with van der Waals surface area (Å²) >= 11 is 0. The van der Waals surface area contributed by atoms with Crippen LogP contribution in [0, 0.1) is 6.92 Å². The van der Waals surface area contributed by atoms with Crippen molar-refractivity contribution in [3.8, 4) is 11.3 Å². The molecule has 0 aliphatic heterocycles. The van der Waals surface area contributed by atoms with E-state index in [9.17, 15) is 13.2 Å². The van der Waals surface area contributed by atoms with E-state index in [1.807, 2.05) is 25.1 Å². The Balaban J connectivity index is 1.65. The van der Waals surface area contributed by atoms with E-state index < -0.39 is 18.1 Å². The number of rotatable bonds is 10. The number of ether oxygens (including phenoxy) is 1. The highest BCUT2D eigenvalue weighted by Gasteiger charge is 2.26. The van der Waals surface area contributed by atoms with Crippen molar-refractivity contribution in [2.24, 2.45) is 7.05 Å². The molecule has 0 amide bonds. The fourth-order valence-corrected chi connectivity index (χ4v) is 6.08. The second-order valence-corrected chi connectivity index (χ2v) is 18.2. The van der Waals surface area contributed by atoms with Crippen LogP contribution in [-0.2, 0) is 35.1 Å². The molecule has 0 bridgehead atoms. The highest BCUT2D eigenvalue weighted by molar-refractivity contribution is 7.89. The lowest BCUT2D eigenvalue weighted by Crippen LogP contribution is -2.28. The number of nitrogens with one attached hydrogen (secondary N) is 1. The average molecular weight is 543 g/mol. The van der Waals surface area contributed by atoms with Gasteiger partial charge in [0, 0.05) is 52.0 Å². The van der Waals surface area contributed by atoms with Crippen LogP contribution in [0.2, 0.25) is 25.7 Å². The summed E-state index contributed by atoms with van der Waals surface area (Å²) in [6.45, 7) is 9.57. The zero-order valence-electron chi connectivity index (χ0n) is 22.1. The van der Waals surface area contributed by atoms with Gasteiger partial charge in [0.2, 0.25) is 10.0 Å². The van der Waals surface area contributed by atoms with E-state index in [0.29, 0.717) is 29.1 Å². The highest BCUT2D eigenvalue weighted by Crippen LogP contribution is 2.27. The van der Waals surface area contributed by atoms with Crippen molar-refractivity contribution in [3.63, 3.8) is 0 Å². The number of fused-ring (bicyclic) bond motifs is 1. The Bertz CT molecular complexity index is 1580. The molecule has 0 saturated carbocycles. The minimum Gasteiger partial charge on any atom is -0.360 e. The fourth-order valence-electron chi connectivity index (χ4n) is 3.93. The predicted molar refractivity (Wildman–Crippen MR) is 146 cm³/mol. The number of nitrogens with zero attached hydrogens (tertiary/aromatic N) is 5. The highest BCUT2D eigenvalue weighted by atomic mass is 32.2. The number of benzene rings is 1. The Morgan fingerprint density at radius 2 is 1.92 bits per heavy atom. The van der Waals surface area contributed by atoms with Crippen molar-refractivity contribution in [2.45, 2.75) is 50.8 Å². The summed E-state index contributed by atoms with van der Waals surface area (Å²) < 4.78 is 37.6. The van der Waals surface area contributed by atoms with E-state index in [0.717, 1.165) is 17.0 Å². The minimum absolute atomic E-state index is 0.0706. The van der Waals surface area contributed by atoms with Crippen LogP contribution in [0.3, 0.4) is 0 Å². The van der Waals surface area contributed by atoms with Crippen LogP contribution in [0.15, 0.2) is 52.4 Å². The second kappa shape index (κ2) is 10.4. The number of hydrogen-bond donors (Lipinski definition) is 1. The van der Waals surface area contributed by atoms with Gasteiger partial charge in [0.25, 0.3) is 5.56 Å². The molecule has 0 radical (unpaired) electrons. The molecule has 3 aromatic heterocycles. The van der Waals surface area contributed by atoms with Crippen LogP contribution >= 0.6 is 0 Å². The number of H-pyrrole nitrogens is 1. The van der Waals surface area contributed by atoms with Crippen molar-refractivity contribution < 1.29 is 13.2 Å². The molecule has 4 aromatic rings. The van der Waals surface area contributed by atoms with Gasteiger partial charge in [0.1, 0.15) is 11.6 Å². The second-order valence-electron chi connectivity index (χ2n) is 10.6. The molecule has 4 rings (SSSR count). The summed E-state index contributed by atoms with van der Waals surface area (Å²) in [6.07, 6.45) is 3.30. The summed E-state index contributed by atoms with van der Waals surface area (Å²) in [5.74, 6) is 0. The molecule has 198 valence electrons. The number of sulfonamides is 1. The van der Waals surface area contributed by atoms with Gasteiger partial charge in [0.15, 0.2) is 0 Å². The SMILES string of the molecule is Cc1cc(S(=O)(=O)N(C)Cc2cc(-c3ccn(C)c(=O)c3)nn2COCC[Si](C)(C)C)c2[nH]ncc2c1. The normalized spacial score (nSPS) is 12.6. The summed E-state index contributed by atoms with van der Waals surface area (Å²) in [4.78, 5) is 12.4. The first-order chi connectivity index (χ1) is 17.3. The van der Waals surface area contributed by atoms with Crippen molar-refractivity contribution in [3.05, 3.63) is 64.3 Å². The molecule has 1 N–H and O–H groups in total. The van der Waals surface area contributed by atoms with Crippen molar-refractivity contribution in [1.29, 1.82) is 0 Å². The smallest absolute Gasteiger partial charge is 0.250 e. The summed E-state index contributed by atoms with van der Waals surface area (Å²) in [6, 6.07) is 9.68. The standard InChI is InChI=1S/C25H34N6O4SSi/c1-18-11-20-15-26-27-25(20)23(12-18)36(33,34)30(3)16-21-14-22(19-7-8-29(2)24(32)13-19)28-31(21)17-35-9-10-37(4,5)6/h7-8,11-15H,9-10,16-17H2,1-6H3,(H,26,27). The molecule has 0 atom stereocenters. The first-order valence-corrected chi connectivity index (χ1v) is 17.2. The van der Waals surface area contributed by atoms with Crippen molar-refractivity contribution >= 4 is 29.0 Å². The van der Waals surface area contributed by atoms with Crippen molar-refractivity contribution in [1.82, 2.24) is 28.9 Å². The summed E-state index contributed by atoms with van der Waals surface area (Å²) in [5.41, 5.74) is 3.05. The lowest BCUT2D eigenvalue weighted by Gasteiger charge is -2.19. The van der Waals surface area contributed by atoms with Gasteiger partial charge in [0.05, 0.1) is 29.6 Å². The largest absolute Gasteiger partial charge is 0.360 e. The quantitative estimate of drug-likeness (QED) is 0.242. The monoisotopic (exact) mass is 542 g/mol. The van der Waals surface area contributed by atoms with Crippen molar-refractivity contribution in [2.75, 3.05) is 13.7 Å². The molecule has 3 heterocycles. The molecule has 0 spiro atoms. The van der Waals surface area contributed by atoms with Crippen LogP contribution in [0.25, 0.3) is 22.2 Å². The third-order valence-electron chi connectivity index (χ3n) is 6.20. The molecule has 12 heteroatoms. The van der Waals surface area contributed by atoms with Crippen LogP contribution in [-0.4, -0.2) is 59.0 Å². The van der Waals surface area contributed by atoms with Crippen LogP contribution in [0.1, 0.15) is 11.3 Å². The van der Waals surface area contributed by atoms with Gasteiger partial charge in [-0.05, 0) is 42.8 Å². The fraction of sp³-hybridized carbons (Fsp3) is 0.400. The van der Waals surface area contributed by atoms with E-state index in [4.69, 9.17) is 4.74 Å². The topological polar surface area (TPSA) is 115 Å². The molecule has 0 aliphatic carbocycles. The van der Waals surface area contributed by atoms with Crippen LogP contribution in [0.5, 0.6) is 0 Å². The van der Waals surface area contributed by atoms with Crippen LogP contribution < -0.4 is 5.56 Å². The average Bonchev–Trinajstić information content (AvgIpc) is 3.44. The van der Waals surface area contributed by atoms with Gasteiger partial charge in [-0.1, -0.05) is 19.6 Å². The van der Waals surface area contributed by atoms with E-state index in [1.54, 1.807) is 37.2 Å². The number of aromatic amines is 1. The Morgan fingerprint density at radius 1 is 1.16 bits per heavy atom. The van der Waals surface area contributed by atoms with E-state index in [1.165, 1.54) is 14.9 Å². The summed E-state index contributed by atoms with van der Waals surface area (Å²) in [5, 5.41) is 12.2. The number of aryl methyl sites for hydroxylation is 2. The molecule has 0 unspecified atom stereocenters. The molecule has 10 nitrogen and oxygen atoms in total. The number of pyridine rings is 1. The number of aromatic nitrogens is 5. The molecule has 0 saturated heterocycles. The minimum atomic E-state index is -3.85. The molecule has 37 heavy (non-hydrogen) atoms. The van der Waals surface area contributed by atoms with Gasteiger partial charge in [-0.2, -0.15) is 14.5 Å². The zero-order chi connectivity index (χ0) is 27.0. The Kier molecular flexibility index (Phi) is 7.56. The van der Waals surface area contributed by atoms with E-state index >= 15 is 0 Å². The van der Waals surface area contributed by atoms with E-state index in [2.05, 4.69) is 34.9 Å². The van der Waals surface area contributed by atoms with E-state index in [-0.39, 0.29) is 23.7 Å². The Morgan fingerprint density at radius 3 is 2.62 bits per heavy atom. The maximum Gasteiger partial charge on any atom is 0.250 e. The van der Waals surface area contributed by atoms with Gasteiger partial charge >= 0.3 is 0 Å². The van der Waals surface area contributed by atoms with Crippen LogP contribution in [0.4, 0.5) is 0 Å². The first-order valence-electron chi connectivity index (χ1n) is 12.1. The van der Waals surface area contributed by atoms with Gasteiger partial charge in [-0.3, -0.25) is 9.89 Å². The maximum absolute atomic E-state index is 13.6. The first kappa shape index (κ1) is 27.0. The van der Waals surface area contributed by atoms with Gasteiger partial charge in [-0.15, -0.1) is 0 Å². The van der Waals surface area contributed by atoms with Gasteiger partial charge in [-0.25, -0.2) is 13.1 Å².